The molecular formula is C18H42NdO6P2. The molecule has 0 aliphatic heterocycles. The van der Waals surface area contributed by atoms with Gasteiger partial charge in [-0.1, -0.05) is 90.9 Å². The third kappa shape index (κ3) is 38.8. The van der Waals surface area contributed by atoms with Gasteiger partial charge in [-0.25, -0.2) is 0 Å². The topological polar surface area (TPSA) is 115 Å². The van der Waals surface area contributed by atoms with Gasteiger partial charge < -0.3 is 19.6 Å². The number of unbranched alkanes of at least 4 members (excludes halogenated alkanes) is 12. The molecular weight excluding hydrogens is 518 g/mol. The Bertz CT molecular complexity index is 348. The largest absolute Gasteiger partial charge is 0.325 e. The average Bonchev–Trinajstić information content (AvgIpc) is 2.52. The molecule has 27 heavy (non-hydrogen) atoms. The van der Waals surface area contributed by atoms with Gasteiger partial charge >= 0.3 is 15.2 Å². The van der Waals surface area contributed by atoms with Gasteiger partial charge in [-0.3, -0.25) is 9.13 Å². The van der Waals surface area contributed by atoms with Crippen molar-refractivity contribution in [1.82, 2.24) is 0 Å². The van der Waals surface area contributed by atoms with Crippen molar-refractivity contribution in [1.29, 1.82) is 0 Å². The van der Waals surface area contributed by atoms with E-state index in [2.05, 4.69) is 13.8 Å². The van der Waals surface area contributed by atoms with Crippen molar-refractivity contribution in [2.24, 2.45) is 0 Å². The first-order valence-corrected chi connectivity index (χ1v) is 13.8. The van der Waals surface area contributed by atoms with Crippen molar-refractivity contribution in [2.45, 2.75) is 104 Å². The summed E-state index contributed by atoms with van der Waals surface area (Å²) in [5.74, 6) is 0. The molecule has 0 heterocycles. The van der Waals surface area contributed by atoms with E-state index < -0.39 is 15.2 Å². The first-order chi connectivity index (χ1) is 12.1. The smallest absolute Gasteiger partial charge is 0.324 e. The van der Waals surface area contributed by atoms with Crippen LogP contribution in [0.1, 0.15) is 104 Å². The van der Waals surface area contributed by atoms with E-state index >= 15 is 0 Å². The molecule has 0 unspecified atom stereocenters. The fraction of sp³-hybridized carbons (Fsp3) is 1.00. The molecule has 0 aromatic rings. The maximum absolute atomic E-state index is 10.5. The van der Waals surface area contributed by atoms with Crippen LogP contribution in [0.15, 0.2) is 0 Å². The molecule has 0 aromatic heterocycles. The summed E-state index contributed by atoms with van der Waals surface area (Å²) in [5.41, 5.74) is 0. The number of hydrogen-bond donors (Lipinski definition) is 4. The summed E-state index contributed by atoms with van der Waals surface area (Å²) in [6.07, 6.45) is 15.5. The van der Waals surface area contributed by atoms with Crippen LogP contribution in [0, 0.1) is 40.8 Å². The van der Waals surface area contributed by atoms with Crippen LogP contribution in [0.4, 0.5) is 0 Å². The maximum Gasteiger partial charge on any atom is 0.325 e. The van der Waals surface area contributed by atoms with E-state index in [1.54, 1.807) is 0 Å². The van der Waals surface area contributed by atoms with Crippen molar-refractivity contribution in [3.8, 4) is 0 Å². The Kier molecular flexibility index (Phi) is 27.5. The number of rotatable bonds is 16. The quantitative estimate of drug-likeness (QED) is 0.140. The van der Waals surface area contributed by atoms with Gasteiger partial charge in [0.05, 0.1) is 0 Å². The van der Waals surface area contributed by atoms with Crippen LogP contribution in [0.5, 0.6) is 0 Å². The molecule has 4 N–H and O–H groups in total. The van der Waals surface area contributed by atoms with Gasteiger partial charge in [-0.15, -0.1) is 0 Å². The molecule has 0 radical (unpaired) electrons. The molecule has 0 bridgehead atoms. The minimum absolute atomic E-state index is 0. The monoisotopic (exact) mass is 558 g/mol. The molecule has 0 aliphatic carbocycles. The van der Waals surface area contributed by atoms with Gasteiger partial charge in [0.1, 0.15) is 0 Å². The summed E-state index contributed by atoms with van der Waals surface area (Å²) in [5, 5.41) is 0. The third-order valence-electron chi connectivity index (χ3n) is 4.11. The Morgan fingerprint density at radius 2 is 0.704 bits per heavy atom. The molecule has 0 atom stereocenters. The van der Waals surface area contributed by atoms with Gasteiger partial charge in [0, 0.05) is 53.2 Å². The standard InChI is InChI=1S/2C9H21O3P.Nd/c2*1-2-3-4-5-6-7-8-9-13(10,11)12;/h2*2-9H2,1H3,(H2,10,11,12);. The van der Waals surface area contributed by atoms with E-state index in [9.17, 15) is 9.13 Å². The summed E-state index contributed by atoms with van der Waals surface area (Å²) in [6, 6.07) is 0. The fourth-order valence-corrected chi connectivity index (χ4v) is 3.82. The summed E-state index contributed by atoms with van der Waals surface area (Å²) >= 11 is 0. The normalized spacial score (nSPS) is 11.5. The molecule has 0 aliphatic rings. The van der Waals surface area contributed by atoms with Gasteiger partial charge in [0.2, 0.25) is 0 Å². The van der Waals surface area contributed by atoms with Crippen LogP contribution >= 0.6 is 15.2 Å². The average molecular weight is 561 g/mol. The maximum atomic E-state index is 10.5. The zero-order chi connectivity index (χ0) is 20.3. The second kappa shape index (κ2) is 22.3. The summed E-state index contributed by atoms with van der Waals surface area (Å²) in [7, 11) is -7.45. The van der Waals surface area contributed by atoms with E-state index in [4.69, 9.17) is 19.6 Å². The Balaban J connectivity index is -0.000000411. The molecule has 6 nitrogen and oxygen atoms in total. The molecule has 0 aromatic carbocycles. The second-order valence-electron chi connectivity index (χ2n) is 7.02. The summed E-state index contributed by atoms with van der Waals surface area (Å²) in [4.78, 5) is 34.3. The SMILES string of the molecule is CCCCCCCCCP(=O)(O)O.CCCCCCCCCP(=O)(O)O.[Nd]. The zero-order valence-corrected chi connectivity index (χ0v) is 22.3. The van der Waals surface area contributed by atoms with Gasteiger partial charge in [-0.2, -0.15) is 0 Å². The number of hydrogen-bond acceptors (Lipinski definition) is 2. The molecule has 164 valence electrons. The van der Waals surface area contributed by atoms with Gasteiger partial charge in [-0.05, 0) is 12.8 Å². The van der Waals surface area contributed by atoms with E-state index in [1.807, 2.05) is 0 Å². The Morgan fingerprint density at radius 1 is 0.481 bits per heavy atom. The first-order valence-electron chi connectivity index (χ1n) is 10.2. The van der Waals surface area contributed by atoms with Crippen LogP contribution in [-0.4, -0.2) is 31.9 Å². The van der Waals surface area contributed by atoms with E-state index in [1.165, 1.54) is 51.4 Å². The van der Waals surface area contributed by atoms with Gasteiger partial charge in [0.25, 0.3) is 0 Å². The predicted molar refractivity (Wildman–Crippen MR) is 110 cm³/mol. The molecule has 0 spiro atoms. The zero-order valence-electron chi connectivity index (χ0n) is 17.3. The Morgan fingerprint density at radius 3 is 0.926 bits per heavy atom. The molecule has 9 heteroatoms. The van der Waals surface area contributed by atoms with Crippen LogP contribution < -0.4 is 0 Å². The van der Waals surface area contributed by atoms with Crippen molar-refractivity contribution in [3.63, 3.8) is 0 Å². The van der Waals surface area contributed by atoms with E-state index in [0.717, 1.165) is 25.7 Å². The fourth-order valence-electron chi connectivity index (χ4n) is 2.55. The summed E-state index contributed by atoms with van der Waals surface area (Å²) in [6.45, 7) is 4.35. The molecule has 0 rings (SSSR count). The third-order valence-corrected chi connectivity index (χ3v) is 5.90. The molecule has 0 saturated carbocycles. The van der Waals surface area contributed by atoms with Crippen LogP contribution in [0.25, 0.3) is 0 Å². The minimum Gasteiger partial charge on any atom is -0.324 e. The molecule has 0 saturated heterocycles. The first kappa shape index (κ1) is 33.3. The minimum atomic E-state index is -3.73. The van der Waals surface area contributed by atoms with E-state index in [0.29, 0.717) is 12.8 Å². The van der Waals surface area contributed by atoms with Crippen molar-refractivity contribution < 1.29 is 69.5 Å². The van der Waals surface area contributed by atoms with Crippen LogP contribution in [0.2, 0.25) is 0 Å². The van der Waals surface area contributed by atoms with Crippen molar-refractivity contribution >= 4 is 15.2 Å². The summed E-state index contributed by atoms with van der Waals surface area (Å²) < 4.78 is 20.9. The molecule has 0 amide bonds. The Hall–Kier alpha value is 1.65. The Labute approximate surface area is 199 Å². The molecule has 0 fully saturated rings. The van der Waals surface area contributed by atoms with Crippen molar-refractivity contribution in [3.05, 3.63) is 0 Å². The van der Waals surface area contributed by atoms with Crippen LogP contribution in [0.3, 0.4) is 0 Å². The van der Waals surface area contributed by atoms with E-state index in [-0.39, 0.29) is 53.2 Å². The predicted octanol–water partition coefficient (Wildman–Crippen LogP) is 5.83. The second-order valence-corrected chi connectivity index (χ2v) is 10.6. The van der Waals surface area contributed by atoms with Crippen molar-refractivity contribution in [2.75, 3.05) is 12.3 Å². The van der Waals surface area contributed by atoms with Gasteiger partial charge in [0.15, 0.2) is 0 Å². The van der Waals surface area contributed by atoms with Crippen LogP contribution in [-0.2, 0) is 9.13 Å².